The fraction of sp³-hybridized carbons (Fsp3) is 0.350. The minimum absolute atomic E-state index is 0.00377. The third kappa shape index (κ3) is 3.52. The quantitative estimate of drug-likeness (QED) is 0.846. The number of carbonyl (C=O) groups is 1. The number of rotatable bonds is 5. The van der Waals surface area contributed by atoms with Crippen molar-refractivity contribution < 1.29 is 13.2 Å². The van der Waals surface area contributed by atoms with E-state index in [1.807, 2.05) is 18.2 Å². The lowest BCUT2D eigenvalue weighted by Crippen LogP contribution is -2.45. The van der Waals surface area contributed by atoms with Crippen molar-refractivity contribution in [2.45, 2.75) is 43.4 Å². The molecule has 0 unspecified atom stereocenters. The largest absolute Gasteiger partial charge is 0.351 e. The highest BCUT2D eigenvalue weighted by Crippen LogP contribution is 2.43. The summed E-state index contributed by atoms with van der Waals surface area (Å²) in [6, 6.07) is 13.3. The summed E-state index contributed by atoms with van der Waals surface area (Å²) < 4.78 is 23.6. The summed E-state index contributed by atoms with van der Waals surface area (Å²) >= 11 is 0. The number of primary sulfonamides is 1. The standard InChI is InChI=1S/C20H24N2O3S/c1-14-11-16(12-18(15(14)2)26(21,24)25)19(23)22-13-20(9-6-10-20)17-7-4-3-5-8-17/h3-5,7-8,11-12H,6,9-10,13H2,1-2H3,(H,22,23)(H2,21,24,25). The van der Waals surface area contributed by atoms with Gasteiger partial charge in [0.25, 0.3) is 5.91 Å². The highest BCUT2D eigenvalue weighted by molar-refractivity contribution is 7.89. The first-order chi connectivity index (χ1) is 12.2. The Morgan fingerprint density at radius 1 is 1.15 bits per heavy atom. The van der Waals surface area contributed by atoms with Crippen LogP contribution in [0.15, 0.2) is 47.4 Å². The highest BCUT2D eigenvalue weighted by Gasteiger charge is 2.38. The number of nitrogens with two attached hydrogens (primary N) is 1. The maximum absolute atomic E-state index is 12.7. The fourth-order valence-corrected chi connectivity index (χ4v) is 4.45. The van der Waals surface area contributed by atoms with Gasteiger partial charge >= 0.3 is 0 Å². The topological polar surface area (TPSA) is 89.3 Å². The molecule has 3 N–H and O–H groups in total. The van der Waals surface area contributed by atoms with Crippen molar-refractivity contribution in [3.05, 3.63) is 64.7 Å². The molecule has 0 spiro atoms. The van der Waals surface area contributed by atoms with Crippen LogP contribution in [0.25, 0.3) is 0 Å². The smallest absolute Gasteiger partial charge is 0.251 e. The average molecular weight is 372 g/mol. The summed E-state index contributed by atoms with van der Waals surface area (Å²) in [5.74, 6) is -0.278. The van der Waals surface area contributed by atoms with Gasteiger partial charge in [0.05, 0.1) is 4.90 Å². The van der Waals surface area contributed by atoms with Crippen LogP contribution in [-0.2, 0) is 15.4 Å². The molecular formula is C20H24N2O3S. The molecule has 0 radical (unpaired) electrons. The number of amides is 1. The van der Waals surface area contributed by atoms with E-state index in [-0.39, 0.29) is 16.2 Å². The van der Waals surface area contributed by atoms with E-state index in [2.05, 4.69) is 17.4 Å². The van der Waals surface area contributed by atoms with E-state index in [9.17, 15) is 13.2 Å². The van der Waals surface area contributed by atoms with Crippen molar-refractivity contribution in [3.8, 4) is 0 Å². The van der Waals surface area contributed by atoms with E-state index in [4.69, 9.17) is 5.14 Å². The van der Waals surface area contributed by atoms with Crippen molar-refractivity contribution in [1.29, 1.82) is 0 Å². The summed E-state index contributed by atoms with van der Waals surface area (Å²) in [6.07, 6.45) is 3.21. The van der Waals surface area contributed by atoms with E-state index in [0.29, 0.717) is 17.7 Å². The van der Waals surface area contributed by atoms with Crippen LogP contribution in [0.5, 0.6) is 0 Å². The normalized spacial score (nSPS) is 16.0. The van der Waals surface area contributed by atoms with Crippen molar-refractivity contribution >= 4 is 15.9 Å². The first-order valence-corrected chi connectivity index (χ1v) is 10.3. The molecule has 1 saturated carbocycles. The number of sulfonamides is 1. The molecule has 0 aromatic heterocycles. The second kappa shape index (κ2) is 6.85. The molecule has 26 heavy (non-hydrogen) atoms. The predicted octanol–water partition coefficient (Wildman–Crippen LogP) is 2.80. The first kappa shape index (κ1) is 18.6. The summed E-state index contributed by atoms with van der Waals surface area (Å²) in [5.41, 5.74) is 2.82. The molecule has 6 heteroatoms. The highest BCUT2D eigenvalue weighted by atomic mass is 32.2. The number of hydrogen-bond acceptors (Lipinski definition) is 3. The summed E-state index contributed by atoms with van der Waals surface area (Å²) in [4.78, 5) is 12.7. The van der Waals surface area contributed by atoms with Crippen LogP contribution in [-0.4, -0.2) is 20.9 Å². The molecule has 1 aliphatic carbocycles. The minimum atomic E-state index is -3.87. The Kier molecular flexibility index (Phi) is 4.90. The van der Waals surface area contributed by atoms with Gasteiger partial charge in [-0.25, -0.2) is 13.6 Å². The number of hydrogen-bond donors (Lipinski definition) is 2. The molecule has 0 heterocycles. The molecule has 2 aromatic rings. The van der Waals surface area contributed by atoms with Crippen LogP contribution >= 0.6 is 0 Å². The van der Waals surface area contributed by atoms with Gasteiger partial charge in [0.2, 0.25) is 10.0 Å². The third-order valence-corrected chi connectivity index (χ3v) is 6.51. The van der Waals surface area contributed by atoms with Crippen LogP contribution in [0.4, 0.5) is 0 Å². The second-order valence-electron chi connectivity index (χ2n) is 7.14. The summed E-state index contributed by atoms with van der Waals surface area (Å²) in [6.45, 7) is 4.00. The van der Waals surface area contributed by atoms with E-state index in [1.54, 1.807) is 19.9 Å². The van der Waals surface area contributed by atoms with Crippen molar-refractivity contribution in [2.75, 3.05) is 6.54 Å². The Morgan fingerprint density at radius 2 is 1.81 bits per heavy atom. The predicted molar refractivity (Wildman–Crippen MR) is 102 cm³/mol. The molecule has 0 atom stereocenters. The lowest BCUT2D eigenvalue weighted by molar-refractivity contribution is 0.0927. The molecule has 1 amide bonds. The van der Waals surface area contributed by atoms with Gasteiger partial charge in [-0.2, -0.15) is 0 Å². The van der Waals surface area contributed by atoms with E-state index < -0.39 is 10.0 Å². The number of carbonyl (C=O) groups excluding carboxylic acids is 1. The van der Waals surface area contributed by atoms with Crippen LogP contribution in [0.3, 0.4) is 0 Å². The van der Waals surface area contributed by atoms with Crippen molar-refractivity contribution in [1.82, 2.24) is 5.32 Å². The molecule has 3 rings (SSSR count). The Morgan fingerprint density at radius 3 is 2.35 bits per heavy atom. The maximum Gasteiger partial charge on any atom is 0.251 e. The molecule has 0 bridgehead atoms. The molecule has 138 valence electrons. The van der Waals surface area contributed by atoms with Gasteiger partial charge in [-0.1, -0.05) is 36.8 Å². The van der Waals surface area contributed by atoms with Crippen LogP contribution < -0.4 is 10.5 Å². The zero-order valence-corrected chi connectivity index (χ0v) is 15.9. The molecule has 5 nitrogen and oxygen atoms in total. The Balaban J connectivity index is 1.82. The van der Waals surface area contributed by atoms with Crippen LogP contribution in [0, 0.1) is 13.8 Å². The van der Waals surface area contributed by atoms with Gasteiger partial charge in [0.15, 0.2) is 0 Å². The SMILES string of the molecule is Cc1cc(C(=O)NCC2(c3ccccc3)CCC2)cc(S(N)(=O)=O)c1C. The summed E-state index contributed by atoms with van der Waals surface area (Å²) in [5, 5.41) is 8.28. The lowest BCUT2D eigenvalue weighted by atomic mass is 9.64. The molecule has 0 aliphatic heterocycles. The van der Waals surface area contributed by atoms with Gasteiger partial charge in [-0.15, -0.1) is 0 Å². The third-order valence-electron chi connectivity index (χ3n) is 5.47. The average Bonchev–Trinajstić information content (AvgIpc) is 2.56. The van der Waals surface area contributed by atoms with Crippen molar-refractivity contribution in [3.63, 3.8) is 0 Å². The fourth-order valence-electron chi connectivity index (χ4n) is 3.57. The van der Waals surface area contributed by atoms with E-state index in [1.165, 1.54) is 11.6 Å². The molecular weight excluding hydrogens is 348 g/mol. The lowest BCUT2D eigenvalue weighted by Gasteiger charge is -2.42. The zero-order chi connectivity index (χ0) is 18.9. The molecule has 1 aliphatic rings. The number of benzene rings is 2. The van der Waals surface area contributed by atoms with E-state index in [0.717, 1.165) is 24.8 Å². The molecule has 1 fully saturated rings. The summed E-state index contributed by atoms with van der Waals surface area (Å²) in [7, 11) is -3.87. The van der Waals surface area contributed by atoms with Crippen molar-refractivity contribution in [2.24, 2.45) is 5.14 Å². The minimum Gasteiger partial charge on any atom is -0.351 e. The molecule has 2 aromatic carbocycles. The first-order valence-electron chi connectivity index (χ1n) is 8.71. The van der Waals surface area contributed by atoms with E-state index >= 15 is 0 Å². The number of nitrogens with one attached hydrogen (secondary N) is 1. The van der Waals surface area contributed by atoms with Gasteiger partial charge in [-0.3, -0.25) is 4.79 Å². The van der Waals surface area contributed by atoms with Gasteiger partial charge in [-0.05, 0) is 55.5 Å². The Labute approximate surface area is 154 Å². The Hall–Kier alpha value is -2.18. The van der Waals surface area contributed by atoms with Gasteiger partial charge in [0, 0.05) is 17.5 Å². The van der Waals surface area contributed by atoms with Crippen LogP contribution in [0.1, 0.15) is 46.3 Å². The second-order valence-corrected chi connectivity index (χ2v) is 8.67. The van der Waals surface area contributed by atoms with Gasteiger partial charge in [0.1, 0.15) is 0 Å². The monoisotopic (exact) mass is 372 g/mol. The Bertz CT molecular complexity index is 933. The maximum atomic E-state index is 12.7. The number of aryl methyl sites for hydroxylation is 1. The van der Waals surface area contributed by atoms with Gasteiger partial charge < -0.3 is 5.32 Å². The molecule has 0 saturated heterocycles. The zero-order valence-electron chi connectivity index (χ0n) is 15.1. The van der Waals surface area contributed by atoms with Crippen LogP contribution in [0.2, 0.25) is 0 Å².